The Hall–Kier alpha value is -2.11. The van der Waals surface area contributed by atoms with E-state index in [9.17, 15) is 4.39 Å². The van der Waals surface area contributed by atoms with Crippen LogP contribution in [0, 0.1) is 5.82 Å². The Labute approximate surface area is 111 Å². The Kier molecular flexibility index (Phi) is 4.33. The molecule has 0 aromatic carbocycles. The minimum atomic E-state index is -0.425. The van der Waals surface area contributed by atoms with Gasteiger partial charge in [0.15, 0.2) is 11.6 Å². The largest absolute Gasteiger partial charge is 0.469 e. The summed E-state index contributed by atoms with van der Waals surface area (Å²) in [6.45, 7) is 0.708. The van der Waals surface area contributed by atoms with Crippen LogP contribution >= 0.6 is 0 Å². The standard InChI is InChI=1S/C13H17FN4O/c1-18(2)12-11(14)9-16-13(17-12)15-7-3-5-10-6-4-8-19-10/h4,6,8-9H,3,5,7H2,1-2H3,(H,15,16,17). The molecule has 0 atom stereocenters. The van der Waals surface area contributed by atoms with E-state index in [2.05, 4.69) is 15.3 Å². The Morgan fingerprint density at radius 1 is 1.42 bits per heavy atom. The summed E-state index contributed by atoms with van der Waals surface area (Å²) in [6, 6.07) is 3.81. The molecule has 0 radical (unpaired) electrons. The van der Waals surface area contributed by atoms with Crippen LogP contribution in [0.1, 0.15) is 12.2 Å². The fraction of sp³-hybridized carbons (Fsp3) is 0.385. The number of rotatable bonds is 6. The highest BCUT2D eigenvalue weighted by atomic mass is 19.1. The van der Waals surface area contributed by atoms with Crippen molar-refractivity contribution in [3.8, 4) is 0 Å². The van der Waals surface area contributed by atoms with E-state index < -0.39 is 5.82 Å². The summed E-state index contributed by atoms with van der Waals surface area (Å²) in [7, 11) is 3.48. The van der Waals surface area contributed by atoms with Crippen LogP contribution in [-0.4, -0.2) is 30.6 Å². The van der Waals surface area contributed by atoms with Crippen LogP contribution in [0.4, 0.5) is 16.2 Å². The second-order valence-electron chi connectivity index (χ2n) is 4.37. The fourth-order valence-electron chi connectivity index (χ4n) is 1.67. The molecule has 2 heterocycles. The van der Waals surface area contributed by atoms with E-state index in [1.807, 2.05) is 12.1 Å². The van der Waals surface area contributed by atoms with Crippen molar-refractivity contribution in [3.63, 3.8) is 0 Å². The maximum Gasteiger partial charge on any atom is 0.224 e. The van der Waals surface area contributed by atoms with E-state index in [1.54, 1.807) is 25.3 Å². The van der Waals surface area contributed by atoms with E-state index in [4.69, 9.17) is 4.42 Å². The van der Waals surface area contributed by atoms with Gasteiger partial charge >= 0.3 is 0 Å². The lowest BCUT2D eigenvalue weighted by atomic mass is 10.2. The van der Waals surface area contributed by atoms with Gasteiger partial charge in [-0.3, -0.25) is 0 Å². The number of furan rings is 1. The van der Waals surface area contributed by atoms with Crippen LogP contribution in [0.2, 0.25) is 0 Å². The average Bonchev–Trinajstić information content (AvgIpc) is 2.89. The highest BCUT2D eigenvalue weighted by Gasteiger charge is 2.08. The molecule has 2 aromatic heterocycles. The summed E-state index contributed by atoms with van der Waals surface area (Å²) >= 11 is 0. The van der Waals surface area contributed by atoms with Crippen molar-refractivity contribution in [3.05, 3.63) is 36.2 Å². The number of anilines is 2. The summed E-state index contributed by atoms with van der Waals surface area (Å²) in [4.78, 5) is 9.64. The van der Waals surface area contributed by atoms with E-state index in [0.717, 1.165) is 18.6 Å². The minimum Gasteiger partial charge on any atom is -0.469 e. The van der Waals surface area contributed by atoms with Crippen molar-refractivity contribution >= 4 is 11.8 Å². The van der Waals surface area contributed by atoms with Crippen LogP contribution in [0.25, 0.3) is 0 Å². The molecule has 0 bridgehead atoms. The summed E-state index contributed by atoms with van der Waals surface area (Å²) in [5, 5.41) is 3.07. The monoisotopic (exact) mass is 264 g/mol. The van der Waals surface area contributed by atoms with E-state index in [-0.39, 0.29) is 5.82 Å². The third kappa shape index (κ3) is 3.67. The van der Waals surface area contributed by atoms with Gasteiger partial charge in [0.05, 0.1) is 12.5 Å². The van der Waals surface area contributed by atoms with Crippen LogP contribution in [0.15, 0.2) is 29.0 Å². The predicted molar refractivity (Wildman–Crippen MR) is 71.8 cm³/mol. The van der Waals surface area contributed by atoms with Crippen LogP contribution < -0.4 is 10.2 Å². The third-order valence-electron chi connectivity index (χ3n) is 2.61. The van der Waals surface area contributed by atoms with Gasteiger partial charge in [0.1, 0.15) is 5.76 Å². The lowest BCUT2D eigenvalue weighted by Crippen LogP contribution is -2.15. The van der Waals surface area contributed by atoms with Crippen molar-refractivity contribution in [1.29, 1.82) is 0 Å². The third-order valence-corrected chi connectivity index (χ3v) is 2.61. The van der Waals surface area contributed by atoms with Crippen molar-refractivity contribution in [2.45, 2.75) is 12.8 Å². The van der Waals surface area contributed by atoms with Crippen LogP contribution in [0.5, 0.6) is 0 Å². The Balaban J connectivity index is 1.84. The summed E-state index contributed by atoms with van der Waals surface area (Å²) in [6.07, 6.45) is 4.58. The van der Waals surface area contributed by atoms with Gasteiger partial charge in [-0.1, -0.05) is 0 Å². The van der Waals surface area contributed by atoms with Crippen LogP contribution in [-0.2, 0) is 6.42 Å². The number of nitrogens with zero attached hydrogens (tertiary/aromatic N) is 3. The fourth-order valence-corrected chi connectivity index (χ4v) is 1.67. The van der Waals surface area contributed by atoms with Crippen molar-refractivity contribution < 1.29 is 8.81 Å². The van der Waals surface area contributed by atoms with Gasteiger partial charge in [-0.25, -0.2) is 9.37 Å². The first-order valence-corrected chi connectivity index (χ1v) is 6.13. The molecule has 0 aliphatic rings. The first-order valence-electron chi connectivity index (χ1n) is 6.13. The lowest BCUT2D eigenvalue weighted by Gasteiger charge is -2.13. The smallest absolute Gasteiger partial charge is 0.224 e. The molecule has 0 aliphatic heterocycles. The summed E-state index contributed by atoms with van der Waals surface area (Å²) in [5.74, 6) is 1.25. The Bertz CT molecular complexity index is 513. The number of hydrogen-bond donors (Lipinski definition) is 1. The second-order valence-corrected chi connectivity index (χ2v) is 4.37. The van der Waals surface area contributed by atoms with Gasteiger partial charge in [-0.15, -0.1) is 0 Å². The molecule has 1 N–H and O–H groups in total. The molecule has 0 spiro atoms. The van der Waals surface area contributed by atoms with Gasteiger partial charge in [0.25, 0.3) is 0 Å². The van der Waals surface area contributed by atoms with Crippen molar-refractivity contribution in [2.75, 3.05) is 30.9 Å². The summed E-state index contributed by atoms with van der Waals surface area (Å²) in [5.41, 5.74) is 0. The number of hydrogen-bond acceptors (Lipinski definition) is 5. The van der Waals surface area contributed by atoms with Crippen LogP contribution in [0.3, 0.4) is 0 Å². The first-order chi connectivity index (χ1) is 9.16. The van der Waals surface area contributed by atoms with Gasteiger partial charge in [0.2, 0.25) is 5.95 Å². The molecule has 5 nitrogen and oxygen atoms in total. The molecule has 2 rings (SSSR count). The first kappa shape index (κ1) is 13.3. The van der Waals surface area contributed by atoms with Crippen molar-refractivity contribution in [1.82, 2.24) is 9.97 Å². The number of nitrogens with one attached hydrogen (secondary N) is 1. The SMILES string of the molecule is CN(C)c1nc(NCCCc2ccco2)ncc1F. The zero-order valence-electron chi connectivity index (χ0n) is 11.1. The van der Waals surface area contributed by atoms with E-state index in [0.29, 0.717) is 12.5 Å². The average molecular weight is 264 g/mol. The maximum atomic E-state index is 13.4. The zero-order chi connectivity index (χ0) is 13.7. The summed E-state index contributed by atoms with van der Waals surface area (Å²) < 4.78 is 18.6. The molecule has 0 saturated heterocycles. The highest BCUT2D eigenvalue weighted by Crippen LogP contribution is 2.14. The maximum absolute atomic E-state index is 13.4. The van der Waals surface area contributed by atoms with Gasteiger partial charge in [0, 0.05) is 27.1 Å². The van der Waals surface area contributed by atoms with E-state index in [1.165, 1.54) is 6.20 Å². The van der Waals surface area contributed by atoms with Crippen molar-refractivity contribution in [2.24, 2.45) is 0 Å². The molecule has 0 fully saturated rings. The normalized spacial score (nSPS) is 10.5. The molecule has 6 heteroatoms. The quantitative estimate of drug-likeness (QED) is 0.811. The lowest BCUT2D eigenvalue weighted by molar-refractivity contribution is 0.504. The molecule has 0 unspecified atom stereocenters. The molecule has 102 valence electrons. The van der Waals surface area contributed by atoms with E-state index >= 15 is 0 Å². The zero-order valence-corrected chi connectivity index (χ0v) is 11.1. The molecule has 0 saturated carbocycles. The number of aromatic nitrogens is 2. The van der Waals surface area contributed by atoms with Gasteiger partial charge in [-0.2, -0.15) is 4.98 Å². The molecule has 0 aliphatic carbocycles. The highest BCUT2D eigenvalue weighted by molar-refractivity contribution is 5.42. The van der Waals surface area contributed by atoms with Gasteiger partial charge in [-0.05, 0) is 18.6 Å². The molecule has 2 aromatic rings. The second kappa shape index (κ2) is 6.17. The molecule has 0 amide bonds. The molecular weight excluding hydrogens is 247 g/mol. The number of aryl methyl sites for hydroxylation is 1. The Morgan fingerprint density at radius 2 is 2.26 bits per heavy atom. The number of halogens is 1. The topological polar surface area (TPSA) is 54.2 Å². The van der Waals surface area contributed by atoms with Gasteiger partial charge < -0.3 is 14.6 Å². The molecule has 19 heavy (non-hydrogen) atoms. The minimum absolute atomic E-state index is 0.281. The Morgan fingerprint density at radius 3 is 2.95 bits per heavy atom. The molecular formula is C13H17FN4O. The predicted octanol–water partition coefficient (Wildman–Crippen LogP) is 2.32.